The van der Waals surface area contributed by atoms with E-state index in [2.05, 4.69) is 19.6 Å². The standard InChI is InChI=1S/C3H11NSi/c1-5(2,3)4/h4H2,1-3H3. The minimum Gasteiger partial charge on any atom is -0.351 e. The Morgan fingerprint density at radius 1 is 1.20 bits per heavy atom. The van der Waals surface area contributed by atoms with Crippen LogP contribution in [0.25, 0.3) is 0 Å². The summed E-state index contributed by atoms with van der Waals surface area (Å²) in [5, 5.41) is 5.49. The second-order valence-electron chi connectivity index (χ2n) is 2.37. The van der Waals surface area contributed by atoms with Crippen LogP contribution in [0, 0.1) is 0 Å². The average molecular weight is 89.2 g/mol. The molecule has 2 heteroatoms. The molecule has 0 aromatic rings. The summed E-state index contributed by atoms with van der Waals surface area (Å²) >= 11 is 0. The Kier molecular flexibility index (Phi) is 1.14. The zero-order valence-corrected chi connectivity index (χ0v) is 5.08. The van der Waals surface area contributed by atoms with Crippen molar-refractivity contribution in [2.75, 3.05) is 0 Å². The van der Waals surface area contributed by atoms with E-state index in [1.807, 2.05) is 0 Å². The molecule has 0 fully saturated rings. The third-order valence-electron chi connectivity index (χ3n) is 0. The Balaban J connectivity index is 3.02. The van der Waals surface area contributed by atoms with E-state index >= 15 is 0 Å². The van der Waals surface area contributed by atoms with Gasteiger partial charge in [0.1, 0.15) is 8.24 Å². The Morgan fingerprint density at radius 3 is 1.20 bits per heavy atom. The fraction of sp³-hybridized carbons (Fsp3) is 1.00. The Bertz CT molecular complexity index is 22.4. The molecule has 0 heterocycles. The zero-order chi connectivity index (χ0) is 4.50. The molecule has 0 aliphatic carbocycles. The van der Waals surface area contributed by atoms with Gasteiger partial charge in [-0.15, -0.1) is 0 Å². The fourth-order valence-electron chi connectivity index (χ4n) is 0. The van der Waals surface area contributed by atoms with Crippen LogP contribution < -0.4 is 5.40 Å². The van der Waals surface area contributed by atoms with Crippen molar-refractivity contribution < 1.29 is 0 Å². The summed E-state index contributed by atoms with van der Waals surface area (Å²) < 4.78 is 0. The van der Waals surface area contributed by atoms with E-state index in [1.165, 1.54) is 0 Å². The van der Waals surface area contributed by atoms with Crippen LogP contribution in [-0.2, 0) is 0 Å². The van der Waals surface area contributed by atoms with Gasteiger partial charge in [-0.05, 0) is 0 Å². The number of hydrogen-bond acceptors (Lipinski definition) is 1. The molecule has 32 valence electrons. The van der Waals surface area contributed by atoms with Crippen molar-refractivity contribution in [3.63, 3.8) is 0 Å². The van der Waals surface area contributed by atoms with Gasteiger partial charge in [-0.25, -0.2) is 0 Å². The quantitative estimate of drug-likeness (QED) is 0.436. The minimum atomic E-state index is -1.11. The van der Waals surface area contributed by atoms with Crippen molar-refractivity contribution in [3.05, 3.63) is 0 Å². The first-order chi connectivity index (χ1) is 2.00. The maximum absolute atomic E-state index is 5.49. The van der Waals surface area contributed by atoms with Crippen LogP contribution in [0.1, 0.15) is 0 Å². The highest BCUT2D eigenvalue weighted by Crippen LogP contribution is 1.83. The predicted molar refractivity (Wildman–Crippen MR) is 27.5 cm³/mol. The van der Waals surface area contributed by atoms with Crippen molar-refractivity contribution in [1.82, 2.24) is 0 Å². The maximum Gasteiger partial charge on any atom is 0.113 e. The summed E-state index contributed by atoms with van der Waals surface area (Å²) in [6, 6.07) is 0. The molecule has 0 saturated heterocycles. The summed E-state index contributed by atoms with van der Waals surface area (Å²) in [5.74, 6) is 0. The molecule has 0 rings (SSSR count). The van der Waals surface area contributed by atoms with Crippen LogP contribution in [0.2, 0.25) is 19.6 Å². The molecule has 0 saturated carbocycles. The lowest BCUT2D eigenvalue weighted by Crippen LogP contribution is -2.32. The van der Waals surface area contributed by atoms with Crippen LogP contribution in [0.3, 0.4) is 0 Å². The predicted octanol–water partition coefficient (Wildman–Crippen LogP) is 0.780. The topological polar surface area (TPSA) is 26.0 Å². The van der Waals surface area contributed by atoms with Crippen LogP contribution >= 0.6 is 0 Å². The van der Waals surface area contributed by atoms with E-state index in [9.17, 15) is 0 Å². The number of nitrogens with two attached hydrogens (primary N) is 1. The van der Waals surface area contributed by atoms with Gasteiger partial charge in [-0.1, -0.05) is 19.6 Å². The van der Waals surface area contributed by atoms with Gasteiger partial charge in [-0.2, -0.15) is 0 Å². The molecule has 0 radical (unpaired) electrons. The van der Waals surface area contributed by atoms with Gasteiger partial charge >= 0.3 is 0 Å². The van der Waals surface area contributed by atoms with E-state index in [-0.39, 0.29) is 0 Å². The maximum atomic E-state index is 5.49. The fourth-order valence-corrected chi connectivity index (χ4v) is 0. The normalized spacial score (nSPS) is 12.0. The molecule has 0 aliphatic heterocycles. The third-order valence-corrected chi connectivity index (χ3v) is 0. The largest absolute Gasteiger partial charge is 0.351 e. The van der Waals surface area contributed by atoms with Gasteiger partial charge in [0, 0.05) is 0 Å². The highest BCUT2D eigenvalue weighted by atomic mass is 28.3. The highest BCUT2D eigenvalue weighted by molar-refractivity contribution is 6.72. The molecule has 0 aromatic heterocycles. The van der Waals surface area contributed by atoms with Crippen molar-refractivity contribution in [1.29, 1.82) is 0 Å². The van der Waals surface area contributed by atoms with E-state index in [0.717, 1.165) is 0 Å². The van der Waals surface area contributed by atoms with Crippen LogP contribution in [0.4, 0.5) is 0 Å². The minimum absolute atomic E-state index is 1.11. The van der Waals surface area contributed by atoms with E-state index in [1.54, 1.807) is 0 Å². The molecule has 5 heavy (non-hydrogen) atoms. The summed E-state index contributed by atoms with van der Waals surface area (Å²) in [5.41, 5.74) is 0. The molecule has 0 aromatic carbocycles. The first kappa shape index (κ1) is 5.18. The third kappa shape index (κ3) is 633. The first-order valence-corrected chi connectivity index (χ1v) is 5.37. The highest BCUT2D eigenvalue weighted by Gasteiger charge is 2.00. The van der Waals surface area contributed by atoms with Gasteiger partial charge in [0.25, 0.3) is 0 Å². The number of hydrogen-bond donors (Lipinski definition) is 1. The SMILES string of the molecule is C[Si](C)(C)N. The second-order valence-corrected chi connectivity index (χ2v) is 7.10. The van der Waals surface area contributed by atoms with Crippen molar-refractivity contribution >= 4 is 8.24 Å². The molecule has 0 amide bonds. The van der Waals surface area contributed by atoms with Crippen molar-refractivity contribution in [2.45, 2.75) is 19.6 Å². The van der Waals surface area contributed by atoms with E-state index in [4.69, 9.17) is 5.40 Å². The molecule has 0 unspecified atom stereocenters. The lowest BCUT2D eigenvalue weighted by Gasteiger charge is -2.02. The van der Waals surface area contributed by atoms with Crippen molar-refractivity contribution in [2.24, 2.45) is 5.40 Å². The molecule has 0 spiro atoms. The zero-order valence-electron chi connectivity index (χ0n) is 4.08. The van der Waals surface area contributed by atoms with Gasteiger partial charge in [-0.3, -0.25) is 0 Å². The lowest BCUT2D eigenvalue weighted by atomic mass is 11.8. The molecule has 1 nitrogen and oxygen atoms in total. The first-order valence-electron chi connectivity index (χ1n) is 1.79. The van der Waals surface area contributed by atoms with Crippen LogP contribution in [0.15, 0.2) is 0 Å². The average Bonchev–Trinajstić information content (AvgIpc) is 0.722. The van der Waals surface area contributed by atoms with Gasteiger partial charge < -0.3 is 5.40 Å². The molecular weight excluding hydrogens is 78.1 g/mol. The molecule has 0 aliphatic rings. The Hall–Kier alpha value is 0.177. The van der Waals surface area contributed by atoms with Gasteiger partial charge in [0.15, 0.2) is 0 Å². The lowest BCUT2D eigenvalue weighted by molar-refractivity contribution is 1.58. The Morgan fingerprint density at radius 2 is 1.20 bits per heavy atom. The molecular formula is C3H11NSi. The summed E-state index contributed by atoms with van der Waals surface area (Å²) in [6.45, 7) is 6.31. The van der Waals surface area contributed by atoms with Gasteiger partial charge in [0.05, 0.1) is 0 Å². The summed E-state index contributed by atoms with van der Waals surface area (Å²) in [6.07, 6.45) is 0. The van der Waals surface area contributed by atoms with Gasteiger partial charge in [0.2, 0.25) is 0 Å². The van der Waals surface area contributed by atoms with Crippen LogP contribution in [0.5, 0.6) is 0 Å². The monoisotopic (exact) mass is 89.1 g/mol. The smallest absolute Gasteiger partial charge is 0.113 e. The van der Waals surface area contributed by atoms with E-state index < -0.39 is 8.24 Å². The molecule has 0 bridgehead atoms. The molecule has 0 atom stereocenters. The van der Waals surface area contributed by atoms with E-state index in [0.29, 0.717) is 0 Å². The Labute approximate surface area is 34.3 Å². The summed E-state index contributed by atoms with van der Waals surface area (Å²) in [4.78, 5) is 0. The van der Waals surface area contributed by atoms with Crippen LogP contribution in [-0.4, -0.2) is 8.24 Å². The number of rotatable bonds is 0. The van der Waals surface area contributed by atoms with Crippen molar-refractivity contribution in [3.8, 4) is 0 Å². The second kappa shape index (κ2) is 1.10. The summed E-state index contributed by atoms with van der Waals surface area (Å²) in [7, 11) is -1.11. The molecule has 2 N–H and O–H groups in total.